The van der Waals surface area contributed by atoms with Gasteiger partial charge in [-0.3, -0.25) is 9.78 Å². The average molecular weight is 183 g/mol. The SMILES string of the molecule is O=C(c1ccccc1)c1cccnc1. The zero-order chi connectivity index (χ0) is 9.80. The van der Waals surface area contributed by atoms with Crippen LogP contribution in [0.3, 0.4) is 0 Å². The molecule has 68 valence electrons. The Morgan fingerprint density at radius 2 is 1.64 bits per heavy atom. The van der Waals surface area contributed by atoms with Crippen LogP contribution in [0, 0.1) is 0 Å². The Hall–Kier alpha value is -1.96. The highest BCUT2D eigenvalue weighted by Crippen LogP contribution is 2.07. The fourth-order valence-electron chi connectivity index (χ4n) is 1.25. The van der Waals surface area contributed by atoms with Crippen molar-refractivity contribution in [3.8, 4) is 0 Å². The number of carbonyl (C=O) groups is 1. The third kappa shape index (κ3) is 1.69. The van der Waals surface area contributed by atoms with Crippen LogP contribution in [0.25, 0.3) is 0 Å². The molecule has 0 aliphatic carbocycles. The molecule has 0 radical (unpaired) electrons. The van der Waals surface area contributed by atoms with Gasteiger partial charge in [0.1, 0.15) is 0 Å². The molecule has 0 saturated heterocycles. The number of pyridine rings is 1. The predicted octanol–water partition coefficient (Wildman–Crippen LogP) is 2.31. The second-order valence-electron chi connectivity index (χ2n) is 2.94. The Bertz CT molecular complexity index is 381. The third-order valence-corrected chi connectivity index (χ3v) is 1.96. The monoisotopic (exact) mass is 183 g/mol. The molecule has 2 nitrogen and oxygen atoms in total. The number of carbonyl (C=O) groups excluding carboxylic acids is 1. The van der Waals surface area contributed by atoms with Crippen molar-refractivity contribution in [2.24, 2.45) is 0 Å². The Kier molecular flexibility index (Phi) is 2.36. The van der Waals surface area contributed by atoms with Gasteiger partial charge in [-0.25, -0.2) is 0 Å². The Morgan fingerprint density at radius 3 is 2.29 bits per heavy atom. The summed E-state index contributed by atoms with van der Waals surface area (Å²) in [5.74, 6) is 0.0127. The summed E-state index contributed by atoms with van der Waals surface area (Å²) < 4.78 is 0. The lowest BCUT2D eigenvalue weighted by atomic mass is 10.1. The van der Waals surface area contributed by atoms with Crippen LogP contribution in [-0.4, -0.2) is 10.8 Å². The fourth-order valence-corrected chi connectivity index (χ4v) is 1.25. The van der Waals surface area contributed by atoms with E-state index >= 15 is 0 Å². The molecule has 1 aromatic heterocycles. The Morgan fingerprint density at radius 1 is 0.929 bits per heavy atom. The highest BCUT2D eigenvalue weighted by atomic mass is 16.1. The van der Waals surface area contributed by atoms with Gasteiger partial charge in [0.25, 0.3) is 0 Å². The normalized spacial score (nSPS) is 9.71. The summed E-state index contributed by atoms with van der Waals surface area (Å²) in [6.07, 6.45) is 3.23. The van der Waals surface area contributed by atoms with Crippen LogP contribution in [0.5, 0.6) is 0 Å². The molecule has 0 bridgehead atoms. The van der Waals surface area contributed by atoms with E-state index in [0.717, 1.165) is 0 Å². The van der Waals surface area contributed by atoms with Gasteiger partial charge in [-0.15, -0.1) is 0 Å². The van der Waals surface area contributed by atoms with Crippen molar-refractivity contribution in [3.63, 3.8) is 0 Å². The van der Waals surface area contributed by atoms with Crippen molar-refractivity contribution in [3.05, 3.63) is 66.0 Å². The van der Waals surface area contributed by atoms with Gasteiger partial charge in [-0.2, -0.15) is 0 Å². The maximum Gasteiger partial charge on any atom is 0.194 e. The number of hydrogen-bond donors (Lipinski definition) is 0. The first-order chi connectivity index (χ1) is 6.88. The van der Waals surface area contributed by atoms with Crippen molar-refractivity contribution in [1.82, 2.24) is 4.98 Å². The van der Waals surface area contributed by atoms with Crippen molar-refractivity contribution in [2.75, 3.05) is 0 Å². The van der Waals surface area contributed by atoms with Crippen LogP contribution in [0.4, 0.5) is 0 Å². The molecule has 0 atom stereocenters. The van der Waals surface area contributed by atoms with E-state index < -0.39 is 0 Å². The van der Waals surface area contributed by atoms with E-state index in [9.17, 15) is 4.79 Å². The molecular weight excluding hydrogens is 174 g/mol. The van der Waals surface area contributed by atoms with Crippen LogP contribution >= 0.6 is 0 Å². The van der Waals surface area contributed by atoms with Gasteiger partial charge in [0.2, 0.25) is 0 Å². The maximum atomic E-state index is 11.8. The molecule has 0 saturated carbocycles. The van der Waals surface area contributed by atoms with E-state index in [0.29, 0.717) is 11.1 Å². The molecule has 1 heterocycles. The quantitative estimate of drug-likeness (QED) is 0.669. The van der Waals surface area contributed by atoms with Gasteiger partial charge in [0, 0.05) is 23.5 Å². The topological polar surface area (TPSA) is 30.0 Å². The maximum absolute atomic E-state index is 11.8. The predicted molar refractivity (Wildman–Crippen MR) is 54.1 cm³/mol. The third-order valence-electron chi connectivity index (χ3n) is 1.96. The summed E-state index contributed by atoms with van der Waals surface area (Å²) >= 11 is 0. The molecule has 2 rings (SSSR count). The van der Waals surface area contributed by atoms with Crippen molar-refractivity contribution >= 4 is 5.78 Å². The van der Waals surface area contributed by atoms with Crippen LogP contribution in [0.15, 0.2) is 54.9 Å². The summed E-state index contributed by atoms with van der Waals surface area (Å²) in [4.78, 5) is 15.7. The molecule has 1 aromatic carbocycles. The Labute approximate surface area is 82.2 Å². The molecule has 14 heavy (non-hydrogen) atoms. The van der Waals surface area contributed by atoms with Crippen molar-refractivity contribution < 1.29 is 4.79 Å². The zero-order valence-corrected chi connectivity index (χ0v) is 7.55. The highest BCUT2D eigenvalue weighted by Gasteiger charge is 2.06. The van der Waals surface area contributed by atoms with Gasteiger partial charge in [0.05, 0.1) is 0 Å². The molecule has 0 unspecified atom stereocenters. The largest absolute Gasteiger partial charge is 0.289 e. The van der Waals surface area contributed by atoms with Gasteiger partial charge < -0.3 is 0 Å². The van der Waals surface area contributed by atoms with Gasteiger partial charge >= 0.3 is 0 Å². The van der Waals surface area contributed by atoms with Gasteiger partial charge in [-0.1, -0.05) is 30.3 Å². The molecule has 0 spiro atoms. The van der Waals surface area contributed by atoms with E-state index in [2.05, 4.69) is 4.98 Å². The van der Waals surface area contributed by atoms with Gasteiger partial charge in [-0.05, 0) is 12.1 Å². The minimum atomic E-state index is 0.0127. The van der Waals surface area contributed by atoms with E-state index in [1.165, 1.54) is 0 Å². The molecule has 0 aliphatic heterocycles. The standard InChI is InChI=1S/C12H9NO/c14-12(10-5-2-1-3-6-10)11-7-4-8-13-9-11/h1-9H. The number of aromatic nitrogens is 1. The van der Waals surface area contributed by atoms with E-state index in [1.807, 2.05) is 18.2 Å². The zero-order valence-electron chi connectivity index (χ0n) is 7.55. The van der Waals surface area contributed by atoms with E-state index in [1.54, 1.807) is 36.7 Å². The van der Waals surface area contributed by atoms with E-state index in [4.69, 9.17) is 0 Å². The van der Waals surface area contributed by atoms with Crippen LogP contribution < -0.4 is 0 Å². The molecule has 2 aromatic rings. The van der Waals surface area contributed by atoms with E-state index in [-0.39, 0.29) is 5.78 Å². The smallest absolute Gasteiger partial charge is 0.194 e. The van der Waals surface area contributed by atoms with Gasteiger partial charge in [0.15, 0.2) is 5.78 Å². The molecular formula is C12H9NO. The number of nitrogens with zero attached hydrogens (tertiary/aromatic N) is 1. The summed E-state index contributed by atoms with van der Waals surface area (Å²) in [7, 11) is 0. The first-order valence-electron chi connectivity index (χ1n) is 4.38. The summed E-state index contributed by atoms with van der Waals surface area (Å²) in [6, 6.07) is 12.7. The number of benzene rings is 1. The molecule has 0 aliphatic rings. The minimum absolute atomic E-state index is 0.0127. The second-order valence-corrected chi connectivity index (χ2v) is 2.94. The molecule has 0 amide bonds. The second kappa shape index (κ2) is 3.83. The minimum Gasteiger partial charge on any atom is -0.289 e. The van der Waals surface area contributed by atoms with Crippen molar-refractivity contribution in [1.29, 1.82) is 0 Å². The lowest BCUT2D eigenvalue weighted by Crippen LogP contribution is -2.00. The average Bonchev–Trinajstić information content (AvgIpc) is 2.30. The molecule has 2 heteroatoms. The molecule has 0 N–H and O–H groups in total. The number of hydrogen-bond acceptors (Lipinski definition) is 2. The van der Waals surface area contributed by atoms with Crippen LogP contribution in [0.1, 0.15) is 15.9 Å². The number of ketones is 1. The lowest BCUT2D eigenvalue weighted by Gasteiger charge is -1.98. The van der Waals surface area contributed by atoms with Crippen LogP contribution in [-0.2, 0) is 0 Å². The summed E-state index contributed by atoms with van der Waals surface area (Å²) in [5.41, 5.74) is 1.32. The van der Waals surface area contributed by atoms with Crippen molar-refractivity contribution in [2.45, 2.75) is 0 Å². The Balaban J connectivity index is 2.35. The lowest BCUT2D eigenvalue weighted by molar-refractivity contribution is 0.103. The first-order valence-corrected chi connectivity index (χ1v) is 4.38. The highest BCUT2D eigenvalue weighted by molar-refractivity contribution is 6.08. The fraction of sp³-hybridized carbons (Fsp3) is 0. The van der Waals surface area contributed by atoms with Crippen LogP contribution in [0.2, 0.25) is 0 Å². The summed E-state index contributed by atoms with van der Waals surface area (Å²) in [5, 5.41) is 0. The number of rotatable bonds is 2. The molecule has 0 fully saturated rings. The summed E-state index contributed by atoms with van der Waals surface area (Å²) in [6.45, 7) is 0. The first kappa shape index (κ1) is 8.63.